The van der Waals surface area contributed by atoms with Gasteiger partial charge in [-0.05, 0) is 30.3 Å². The Morgan fingerprint density at radius 3 is 2.48 bits per heavy atom. The van der Waals surface area contributed by atoms with Crippen molar-refractivity contribution in [1.29, 1.82) is 0 Å². The number of carboxylic acid groups (broad SMARTS) is 1. The molecule has 25 heavy (non-hydrogen) atoms. The van der Waals surface area contributed by atoms with Crippen molar-refractivity contribution < 1.29 is 23.1 Å². The molecule has 2 aromatic heterocycles. The summed E-state index contributed by atoms with van der Waals surface area (Å²) in [5, 5.41) is 11.0. The maximum atomic E-state index is 10.6. The highest BCUT2D eigenvalue weighted by atomic mass is 35.5. The molecule has 0 radical (unpaired) electrons. The molecule has 0 aliphatic heterocycles. The highest BCUT2D eigenvalue weighted by Crippen LogP contribution is 2.22. The minimum atomic E-state index is -5.08. The molecule has 1 aromatic carbocycles. The fraction of sp³-hybridized carbons (Fsp3) is 0.0667. The molecule has 0 amide bonds. The van der Waals surface area contributed by atoms with Crippen LogP contribution in [0, 0.1) is 0 Å². The number of aromatic nitrogens is 3. The molecule has 0 spiro atoms. The quantitative estimate of drug-likeness (QED) is 0.707. The molecule has 10 heteroatoms. The molecule has 2 heterocycles. The van der Waals surface area contributed by atoms with Gasteiger partial charge in [-0.3, -0.25) is 4.98 Å². The Bertz CT molecular complexity index is 885. The van der Waals surface area contributed by atoms with E-state index in [4.69, 9.17) is 21.5 Å². The van der Waals surface area contributed by atoms with Gasteiger partial charge in [0, 0.05) is 16.9 Å². The van der Waals surface area contributed by atoms with Crippen LogP contribution in [-0.2, 0) is 4.79 Å². The molecule has 0 saturated carbocycles. The van der Waals surface area contributed by atoms with Crippen molar-refractivity contribution in [3.05, 3.63) is 53.9 Å². The lowest BCUT2D eigenvalue weighted by molar-refractivity contribution is -0.192. The first-order valence-electron chi connectivity index (χ1n) is 6.66. The van der Waals surface area contributed by atoms with Crippen LogP contribution in [0.4, 0.5) is 24.7 Å². The van der Waals surface area contributed by atoms with E-state index in [-0.39, 0.29) is 0 Å². The number of alkyl halides is 3. The minimum absolute atomic E-state index is 0.669. The van der Waals surface area contributed by atoms with Crippen molar-refractivity contribution in [3.8, 4) is 0 Å². The summed E-state index contributed by atoms with van der Waals surface area (Å²) in [6.07, 6.45) is -1.86. The number of aliphatic carboxylic acids is 1. The second kappa shape index (κ2) is 7.75. The van der Waals surface area contributed by atoms with Crippen LogP contribution in [0.25, 0.3) is 11.0 Å². The predicted octanol–water partition coefficient (Wildman–Crippen LogP) is 4.06. The number of benzene rings is 1. The van der Waals surface area contributed by atoms with Crippen LogP contribution in [0.2, 0.25) is 5.02 Å². The van der Waals surface area contributed by atoms with E-state index in [1.54, 1.807) is 6.20 Å². The zero-order valence-electron chi connectivity index (χ0n) is 12.3. The van der Waals surface area contributed by atoms with E-state index in [0.717, 1.165) is 16.7 Å². The first kappa shape index (κ1) is 18.4. The summed E-state index contributed by atoms with van der Waals surface area (Å²) >= 11 is 5.94. The van der Waals surface area contributed by atoms with Crippen molar-refractivity contribution in [1.82, 2.24) is 15.0 Å². The summed E-state index contributed by atoms with van der Waals surface area (Å²) in [6, 6.07) is 11.2. The Balaban J connectivity index is 0.000000277. The van der Waals surface area contributed by atoms with Crippen LogP contribution in [-0.4, -0.2) is 32.2 Å². The standard InChI is InChI=1S/C13H9ClN4.C2HF3O2/c14-9-3-1-4-10(7-9)18-13-12-11(16-8-17-13)5-2-6-15-12;3-2(4,5)1(6)7/h1-8H,(H,16,17,18);(H,6,7). The molecule has 6 nitrogen and oxygen atoms in total. The van der Waals surface area contributed by atoms with Gasteiger partial charge in [-0.15, -0.1) is 0 Å². The number of halogens is 4. The van der Waals surface area contributed by atoms with Gasteiger partial charge < -0.3 is 10.4 Å². The molecule has 0 unspecified atom stereocenters. The number of nitrogens with one attached hydrogen (secondary N) is 1. The number of carbonyl (C=O) groups is 1. The average Bonchev–Trinajstić information content (AvgIpc) is 2.55. The third-order valence-corrected chi connectivity index (χ3v) is 2.96. The van der Waals surface area contributed by atoms with E-state index in [2.05, 4.69) is 20.3 Å². The monoisotopic (exact) mass is 370 g/mol. The van der Waals surface area contributed by atoms with E-state index in [1.807, 2.05) is 36.4 Å². The van der Waals surface area contributed by atoms with E-state index in [9.17, 15) is 13.2 Å². The first-order valence-corrected chi connectivity index (χ1v) is 7.03. The zero-order chi connectivity index (χ0) is 18.4. The van der Waals surface area contributed by atoms with Crippen molar-refractivity contribution in [2.24, 2.45) is 0 Å². The van der Waals surface area contributed by atoms with Crippen LogP contribution in [0.1, 0.15) is 0 Å². The van der Waals surface area contributed by atoms with Gasteiger partial charge >= 0.3 is 12.1 Å². The first-order chi connectivity index (χ1) is 11.8. The van der Waals surface area contributed by atoms with Gasteiger partial charge in [-0.25, -0.2) is 14.8 Å². The highest BCUT2D eigenvalue weighted by Gasteiger charge is 2.38. The third-order valence-electron chi connectivity index (χ3n) is 2.72. The molecular weight excluding hydrogens is 361 g/mol. The molecule has 0 saturated heterocycles. The number of hydrogen-bond acceptors (Lipinski definition) is 5. The smallest absolute Gasteiger partial charge is 0.475 e. The lowest BCUT2D eigenvalue weighted by Gasteiger charge is -2.07. The van der Waals surface area contributed by atoms with E-state index < -0.39 is 12.1 Å². The summed E-state index contributed by atoms with van der Waals surface area (Å²) in [6.45, 7) is 0. The number of carboxylic acids is 1. The average molecular weight is 371 g/mol. The van der Waals surface area contributed by atoms with Crippen LogP contribution in [0.5, 0.6) is 0 Å². The lowest BCUT2D eigenvalue weighted by Crippen LogP contribution is -2.21. The molecule has 0 aliphatic rings. The fourth-order valence-electron chi connectivity index (χ4n) is 1.69. The molecule has 130 valence electrons. The summed E-state index contributed by atoms with van der Waals surface area (Å²) < 4.78 is 31.7. The van der Waals surface area contributed by atoms with Crippen molar-refractivity contribution >= 4 is 40.1 Å². The molecule has 0 aliphatic carbocycles. The second-order valence-corrected chi connectivity index (χ2v) is 4.97. The number of rotatable bonds is 2. The number of anilines is 2. The third kappa shape index (κ3) is 5.28. The molecule has 0 bridgehead atoms. The SMILES string of the molecule is Clc1cccc(Nc2ncnc3cccnc23)c1.O=C(O)C(F)(F)F. The van der Waals surface area contributed by atoms with E-state index >= 15 is 0 Å². The number of pyridine rings is 1. The van der Waals surface area contributed by atoms with E-state index in [0.29, 0.717) is 10.8 Å². The number of fused-ring (bicyclic) bond motifs is 1. The van der Waals surface area contributed by atoms with Gasteiger partial charge in [0.15, 0.2) is 5.82 Å². The Labute approximate surface area is 144 Å². The van der Waals surface area contributed by atoms with Crippen LogP contribution in [0.15, 0.2) is 48.9 Å². The van der Waals surface area contributed by atoms with Gasteiger partial charge in [-0.2, -0.15) is 13.2 Å². The summed E-state index contributed by atoms with van der Waals surface area (Å²) in [7, 11) is 0. The number of hydrogen-bond donors (Lipinski definition) is 2. The minimum Gasteiger partial charge on any atom is -0.475 e. The largest absolute Gasteiger partial charge is 0.490 e. The van der Waals surface area contributed by atoms with Crippen molar-refractivity contribution in [2.45, 2.75) is 6.18 Å². The fourth-order valence-corrected chi connectivity index (χ4v) is 1.88. The van der Waals surface area contributed by atoms with Crippen LogP contribution in [0.3, 0.4) is 0 Å². The Morgan fingerprint density at radius 1 is 1.12 bits per heavy atom. The van der Waals surface area contributed by atoms with Gasteiger partial charge in [0.25, 0.3) is 0 Å². The van der Waals surface area contributed by atoms with Gasteiger partial charge in [0.05, 0.1) is 5.52 Å². The van der Waals surface area contributed by atoms with E-state index in [1.165, 1.54) is 6.33 Å². The lowest BCUT2D eigenvalue weighted by atomic mass is 10.3. The van der Waals surface area contributed by atoms with Gasteiger partial charge in [0.2, 0.25) is 0 Å². The molecule has 2 N–H and O–H groups in total. The molecular formula is C15H10ClF3N4O2. The molecule has 3 rings (SSSR count). The van der Waals surface area contributed by atoms with Gasteiger partial charge in [0.1, 0.15) is 11.8 Å². The Hall–Kier alpha value is -2.94. The topological polar surface area (TPSA) is 88.0 Å². The van der Waals surface area contributed by atoms with Gasteiger partial charge in [-0.1, -0.05) is 17.7 Å². The van der Waals surface area contributed by atoms with Crippen LogP contribution >= 0.6 is 11.6 Å². The molecule has 3 aromatic rings. The van der Waals surface area contributed by atoms with Crippen LogP contribution < -0.4 is 5.32 Å². The normalized spacial score (nSPS) is 10.7. The maximum Gasteiger partial charge on any atom is 0.490 e. The maximum absolute atomic E-state index is 10.6. The summed E-state index contributed by atoms with van der Waals surface area (Å²) in [5.41, 5.74) is 2.41. The highest BCUT2D eigenvalue weighted by molar-refractivity contribution is 6.30. The Kier molecular flexibility index (Phi) is 5.71. The van der Waals surface area contributed by atoms with Crippen molar-refractivity contribution in [3.63, 3.8) is 0 Å². The predicted molar refractivity (Wildman–Crippen MR) is 85.8 cm³/mol. The second-order valence-electron chi connectivity index (χ2n) is 4.53. The number of nitrogens with zero attached hydrogens (tertiary/aromatic N) is 3. The molecule has 0 atom stereocenters. The molecule has 0 fully saturated rings. The zero-order valence-corrected chi connectivity index (χ0v) is 13.1. The summed E-state index contributed by atoms with van der Waals surface area (Å²) in [4.78, 5) is 21.5. The Morgan fingerprint density at radius 2 is 1.84 bits per heavy atom. The van der Waals surface area contributed by atoms with Crippen molar-refractivity contribution in [2.75, 3.05) is 5.32 Å². The summed E-state index contributed by atoms with van der Waals surface area (Å²) in [5.74, 6) is -2.09.